The van der Waals surface area contributed by atoms with Gasteiger partial charge in [-0.05, 0) is 31.4 Å². The lowest BCUT2D eigenvalue weighted by molar-refractivity contribution is 0.475. The number of nitrogens with one attached hydrogen (secondary N) is 2. The van der Waals surface area contributed by atoms with E-state index < -0.39 is 10.0 Å². The molecule has 0 aliphatic heterocycles. The molecule has 0 radical (unpaired) electrons. The summed E-state index contributed by atoms with van der Waals surface area (Å²) in [7, 11) is -1.12. The van der Waals surface area contributed by atoms with E-state index in [1.165, 1.54) is 11.1 Å². The number of aryl methyl sites for hydroxylation is 1. The third-order valence-electron chi connectivity index (χ3n) is 3.33. The number of guanidine groups is 1. The van der Waals surface area contributed by atoms with E-state index in [1.807, 2.05) is 26.1 Å². The highest BCUT2D eigenvalue weighted by Crippen LogP contribution is 2.09. The molecular weight excluding hydrogens is 312 g/mol. The molecule has 23 heavy (non-hydrogen) atoms. The average molecular weight is 340 g/mol. The summed E-state index contributed by atoms with van der Waals surface area (Å²) in [6.45, 7) is 6.68. The predicted molar refractivity (Wildman–Crippen MR) is 96.1 cm³/mol. The van der Waals surface area contributed by atoms with Gasteiger partial charge in [0.05, 0.1) is 6.26 Å². The third kappa shape index (κ3) is 7.99. The van der Waals surface area contributed by atoms with E-state index in [-0.39, 0.29) is 0 Å². The van der Waals surface area contributed by atoms with Crippen LogP contribution in [-0.2, 0) is 16.6 Å². The van der Waals surface area contributed by atoms with Gasteiger partial charge in [-0.3, -0.25) is 4.99 Å². The summed E-state index contributed by atoms with van der Waals surface area (Å²) < 4.78 is 24.5. The van der Waals surface area contributed by atoms with Crippen LogP contribution < -0.4 is 10.0 Å². The van der Waals surface area contributed by atoms with Crippen molar-refractivity contribution in [2.45, 2.75) is 26.8 Å². The van der Waals surface area contributed by atoms with Crippen molar-refractivity contribution in [2.24, 2.45) is 4.99 Å². The zero-order chi connectivity index (χ0) is 17.3. The summed E-state index contributed by atoms with van der Waals surface area (Å²) in [5.41, 5.74) is 2.52. The van der Waals surface area contributed by atoms with E-state index in [0.29, 0.717) is 19.5 Å². The molecule has 6 nitrogen and oxygen atoms in total. The van der Waals surface area contributed by atoms with Gasteiger partial charge in [0.15, 0.2) is 5.96 Å². The Morgan fingerprint density at radius 3 is 2.61 bits per heavy atom. The van der Waals surface area contributed by atoms with Crippen LogP contribution in [0.4, 0.5) is 0 Å². The van der Waals surface area contributed by atoms with Gasteiger partial charge in [0.1, 0.15) is 0 Å². The average Bonchev–Trinajstić information content (AvgIpc) is 2.47. The smallest absolute Gasteiger partial charge is 0.208 e. The van der Waals surface area contributed by atoms with E-state index in [2.05, 4.69) is 39.0 Å². The molecule has 0 aliphatic carbocycles. The van der Waals surface area contributed by atoms with Crippen LogP contribution >= 0.6 is 0 Å². The normalized spacial score (nSPS) is 12.3. The van der Waals surface area contributed by atoms with Crippen LogP contribution in [0.15, 0.2) is 29.3 Å². The molecular formula is C16H28N4O2S. The Morgan fingerprint density at radius 1 is 1.30 bits per heavy atom. The molecule has 0 aliphatic rings. The molecule has 0 unspecified atom stereocenters. The van der Waals surface area contributed by atoms with E-state index in [0.717, 1.165) is 25.3 Å². The van der Waals surface area contributed by atoms with Crippen molar-refractivity contribution < 1.29 is 8.42 Å². The summed E-state index contributed by atoms with van der Waals surface area (Å²) in [4.78, 5) is 6.63. The fourth-order valence-corrected chi connectivity index (χ4v) is 2.62. The highest BCUT2D eigenvalue weighted by molar-refractivity contribution is 7.88. The molecule has 130 valence electrons. The molecule has 0 saturated carbocycles. The molecule has 1 aromatic rings. The first-order chi connectivity index (χ1) is 10.8. The van der Waals surface area contributed by atoms with Gasteiger partial charge >= 0.3 is 0 Å². The summed E-state index contributed by atoms with van der Waals surface area (Å²) in [6, 6.07) is 8.29. The number of nitrogens with zero attached hydrogens (tertiary/aromatic N) is 2. The van der Waals surface area contributed by atoms with Crippen LogP contribution in [0, 0.1) is 6.92 Å². The second kappa shape index (κ2) is 9.52. The fourth-order valence-electron chi connectivity index (χ4n) is 2.11. The molecule has 0 saturated heterocycles. The first-order valence-corrected chi connectivity index (χ1v) is 9.71. The number of rotatable bonds is 8. The molecule has 0 heterocycles. The molecule has 1 aromatic carbocycles. The molecule has 7 heteroatoms. The first kappa shape index (κ1) is 19.4. The minimum Gasteiger partial charge on any atom is -0.357 e. The van der Waals surface area contributed by atoms with Crippen LogP contribution in [-0.4, -0.2) is 52.2 Å². The third-order valence-corrected chi connectivity index (χ3v) is 4.05. The van der Waals surface area contributed by atoms with Gasteiger partial charge in [0, 0.05) is 33.2 Å². The second-order valence-electron chi connectivity index (χ2n) is 5.54. The maximum atomic E-state index is 11.0. The van der Waals surface area contributed by atoms with Gasteiger partial charge in [-0.15, -0.1) is 0 Å². The molecule has 0 fully saturated rings. The minimum absolute atomic E-state index is 0.406. The van der Waals surface area contributed by atoms with Gasteiger partial charge < -0.3 is 10.2 Å². The summed E-state index contributed by atoms with van der Waals surface area (Å²) in [5, 5.41) is 3.27. The summed E-state index contributed by atoms with van der Waals surface area (Å²) >= 11 is 0. The Hall–Kier alpha value is -1.60. The maximum absolute atomic E-state index is 11.0. The molecule has 0 spiro atoms. The Bertz CT molecular complexity index is 614. The first-order valence-electron chi connectivity index (χ1n) is 7.82. The van der Waals surface area contributed by atoms with E-state index in [9.17, 15) is 8.42 Å². The summed E-state index contributed by atoms with van der Waals surface area (Å²) in [5.74, 6) is 0.829. The van der Waals surface area contributed by atoms with Gasteiger partial charge in [0.2, 0.25) is 10.0 Å². The number of hydrogen-bond acceptors (Lipinski definition) is 3. The van der Waals surface area contributed by atoms with Crippen molar-refractivity contribution in [3.05, 3.63) is 35.4 Å². The topological polar surface area (TPSA) is 73.8 Å². The molecule has 0 aromatic heterocycles. The van der Waals surface area contributed by atoms with Crippen molar-refractivity contribution in [3.63, 3.8) is 0 Å². The van der Waals surface area contributed by atoms with E-state index >= 15 is 0 Å². The van der Waals surface area contributed by atoms with Gasteiger partial charge in [-0.2, -0.15) is 0 Å². The van der Waals surface area contributed by atoms with E-state index in [4.69, 9.17) is 0 Å². The van der Waals surface area contributed by atoms with Gasteiger partial charge in [0.25, 0.3) is 0 Å². The fraction of sp³-hybridized carbons (Fsp3) is 0.562. The van der Waals surface area contributed by atoms with Crippen molar-refractivity contribution in [2.75, 3.05) is 32.9 Å². The Balaban J connectivity index is 2.58. The molecule has 0 atom stereocenters. The predicted octanol–water partition coefficient (Wildman–Crippen LogP) is 1.33. The van der Waals surface area contributed by atoms with Crippen LogP contribution in [0.2, 0.25) is 0 Å². The maximum Gasteiger partial charge on any atom is 0.208 e. The highest BCUT2D eigenvalue weighted by Gasteiger charge is 2.07. The van der Waals surface area contributed by atoms with Crippen LogP contribution in [0.1, 0.15) is 24.5 Å². The number of sulfonamides is 1. The molecule has 0 bridgehead atoms. The van der Waals surface area contributed by atoms with Crippen molar-refractivity contribution >= 4 is 16.0 Å². The molecule has 2 N–H and O–H groups in total. The number of benzene rings is 1. The van der Waals surface area contributed by atoms with Crippen LogP contribution in [0.3, 0.4) is 0 Å². The SMILES string of the molecule is CCNC(=NCCCNS(C)(=O)=O)N(C)Cc1ccccc1C. The van der Waals surface area contributed by atoms with Gasteiger partial charge in [-0.25, -0.2) is 13.1 Å². The zero-order valence-corrected chi connectivity index (χ0v) is 15.3. The minimum atomic E-state index is -3.12. The number of hydrogen-bond donors (Lipinski definition) is 2. The number of aliphatic imine (C=N–C) groups is 1. The largest absolute Gasteiger partial charge is 0.357 e. The second-order valence-corrected chi connectivity index (χ2v) is 7.37. The Labute approximate surface area is 140 Å². The Kier molecular flexibility index (Phi) is 8.05. The van der Waals surface area contributed by atoms with Crippen molar-refractivity contribution in [3.8, 4) is 0 Å². The van der Waals surface area contributed by atoms with E-state index in [1.54, 1.807) is 0 Å². The van der Waals surface area contributed by atoms with Gasteiger partial charge in [-0.1, -0.05) is 24.3 Å². The van der Waals surface area contributed by atoms with Crippen molar-refractivity contribution in [1.82, 2.24) is 14.9 Å². The lowest BCUT2D eigenvalue weighted by Crippen LogP contribution is -2.38. The quantitative estimate of drug-likeness (QED) is 0.425. The lowest BCUT2D eigenvalue weighted by Gasteiger charge is -2.23. The Morgan fingerprint density at radius 2 is 2.00 bits per heavy atom. The molecule has 0 amide bonds. The molecule has 1 rings (SSSR count). The summed E-state index contributed by atoms with van der Waals surface area (Å²) in [6.07, 6.45) is 1.83. The standard InChI is InChI=1S/C16H28N4O2S/c1-5-17-16(18-11-8-12-19-23(4,21)22)20(3)13-15-10-7-6-9-14(15)2/h6-7,9-10,19H,5,8,11-13H2,1-4H3,(H,17,18). The lowest BCUT2D eigenvalue weighted by atomic mass is 10.1. The van der Waals surface area contributed by atoms with Crippen molar-refractivity contribution in [1.29, 1.82) is 0 Å². The van der Waals surface area contributed by atoms with Crippen LogP contribution in [0.5, 0.6) is 0 Å². The zero-order valence-electron chi connectivity index (χ0n) is 14.5. The van der Waals surface area contributed by atoms with Crippen LogP contribution in [0.25, 0.3) is 0 Å². The highest BCUT2D eigenvalue weighted by atomic mass is 32.2. The monoisotopic (exact) mass is 340 g/mol.